The number of amides is 1. The van der Waals surface area contributed by atoms with Crippen LogP contribution < -0.4 is 10.6 Å². The van der Waals surface area contributed by atoms with E-state index in [1.807, 2.05) is 19.9 Å². The van der Waals surface area contributed by atoms with Crippen LogP contribution in [0.25, 0.3) is 0 Å². The molecule has 0 saturated heterocycles. The zero-order valence-corrected chi connectivity index (χ0v) is 13.6. The van der Waals surface area contributed by atoms with E-state index in [0.717, 1.165) is 21.2 Å². The van der Waals surface area contributed by atoms with Gasteiger partial charge in [0.25, 0.3) is 0 Å². The van der Waals surface area contributed by atoms with Gasteiger partial charge in [0.2, 0.25) is 5.91 Å². The molecule has 0 spiro atoms. The lowest BCUT2D eigenvalue weighted by atomic mass is 10.2. The summed E-state index contributed by atoms with van der Waals surface area (Å²) in [6, 6.07) is 1.96. The summed E-state index contributed by atoms with van der Waals surface area (Å²) < 4.78 is 1.91. The van der Waals surface area contributed by atoms with E-state index in [4.69, 9.17) is 0 Å². The number of hydrogen-bond donors (Lipinski definition) is 2. The average Bonchev–Trinajstić information content (AvgIpc) is 2.30. The first-order valence-electron chi connectivity index (χ1n) is 5.79. The second-order valence-electron chi connectivity index (χ2n) is 4.20. The third-order valence-corrected chi connectivity index (χ3v) is 3.42. The van der Waals surface area contributed by atoms with Crippen LogP contribution in [-0.4, -0.2) is 24.0 Å². The van der Waals surface area contributed by atoms with Crippen LogP contribution in [0.15, 0.2) is 21.2 Å². The largest absolute Gasteiger partial charge is 0.355 e. The zero-order chi connectivity index (χ0) is 13.5. The van der Waals surface area contributed by atoms with Gasteiger partial charge in [0.05, 0.1) is 5.69 Å². The summed E-state index contributed by atoms with van der Waals surface area (Å²) in [4.78, 5) is 15.6. The highest BCUT2D eigenvalue weighted by atomic mass is 79.9. The topological polar surface area (TPSA) is 54.0 Å². The number of nitrogens with one attached hydrogen (secondary N) is 2. The lowest BCUT2D eigenvalue weighted by Gasteiger charge is -2.09. The van der Waals surface area contributed by atoms with Crippen LogP contribution in [-0.2, 0) is 11.3 Å². The predicted molar refractivity (Wildman–Crippen MR) is 79.2 cm³/mol. The van der Waals surface area contributed by atoms with Gasteiger partial charge in [-0.25, -0.2) is 0 Å². The first-order valence-corrected chi connectivity index (χ1v) is 7.37. The molecule has 1 aromatic heterocycles. The minimum absolute atomic E-state index is 0.0345. The van der Waals surface area contributed by atoms with Crippen molar-refractivity contribution in [3.63, 3.8) is 0 Å². The van der Waals surface area contributed by atoms with Crippen molar-refractivity contribution in [1.29, 1.82) is 0 Å². The van der Waals surface area contributed by atoms with Crippen molar-refractivity contribution < 1.29 is 4.79 Å². The highest BCUT2D eigenvalue weighted by Crippen LogP contribution is 2.19. The van der Waals surface area contributed by atoms with E-state index in [0.29, 0.717) is 13.1 Å². The zero-order valence-electron chi connectivity index (χ0n) is 10.5. The molecule has 1 amide bonds. The van der Waals surface area contributed by atoms with E-state index in [1.165, 1.54) is 0 Å². The van der Waals surface area contributed by atoms with E-state index < -0.39 is 0 Å². The molecule has 1 heterocycles. The molecule has 2 N–H and O–H groups in total. The van der Waals surface area contributed by atoms with Gasteiger partial charge in [0.15, 0.2) is 0 Å². The van der Waals surface area contributed by atoms with Crippen LogP contribution in [0, 0.1) is 5.92 Å². The van der Waals surface area contributed by atoms with Crippen LogP contribution in [0.2, 0.25) is 0 Å². The maximum absolute atomic E-state index is 11.3. The van der Waals surface area contributed by atoms with Crippen molar-refractivity contribution in [3.8, 4) is 0 Å². The number of carbonyl (C=O) groups excluding carboxylic acids is 1. The summed E-state index contributed by atoms with van der Waals surface area (Å²) in [6.45, 7) is 5.79. The quantitative estimate of drug-likeness (QED) is 0.747. The summed E-state index contributed by atoms with van der Waals surface area (Å²) in [5, 5.41) is 6.08. The summed E-state index contributed by atoms with van der Waals surface area (Å²) in [7, 11) is 0. The van der Waals surface area contributed by atoms with E-state index in [9.17, 15) is 4.79 Å². The van der Waals surface area contributed by atoms with Gasteiger partial charge >= 0.3 is 0 Å². The van der Waals surface area contributed by atoms with Crippen molar-refractivity contribution in [2.24, 2.45) is 5.92 Å². The Morgan fingerprint density at radius 2 is 2.11 bits per heavy atom. The maximum atomic E-state index is 11.3. The molecule has 0 saturated carbocycles. The summed E-state index contributed by atoms with van der Waals surface area (Å²) in [6.07, 6.45) is 1.77. The van der Waals surface area contributed by atoms with Crippen molar-refractivity contribution in [2.75, 3.05) is 13.1 Å². The van der Waals surface area contributed by atoms with Crippen molar-refractivity contribution in [1.82, 2.24) is 15.6 Å². The Labute approximate surface area is 124 Å². The van der Waals surface area contributed by atoms with Gasteiger partial charge in [-0.2, -0.15) is 0 Å². The summed E-state index contributed by atoms with van der Waals surface area (Å²) in [5.41, 5.74) is 0.952. The van der Waals surface area contributed by atoms with Gasteiger partial charge in [0, 0.05) is 40.7 Å². The summed E-state index contributed by atoms with van der Waals surface area (Å²) in [5.74, 6) is 0.118. The van der Waals surface area contributed by atoms with Crippen LogP contribution in [0.1, 0.15) is 19.5 Å². The Balaban J connectivity index is 2.24. The Bertz CT molecular complexity index is 410. The molecule has 0 fully saturated rings. The number of aromatic nitrogens is 1. The van der Waals surface area contributed by atoms with Crippen LogP contribution in [0.5, 0.6) is 0 Å². The highest BCUT2D eigenvalue weighted by molar-refractivity contribution is 9.11. The van der Waals surface area contributed by atoms with Crippen molar-refractivity contribution in [2.45, 2.75) is 20.4 Å². The van der Waals surface area contributed by atoms with Crippen LogP contribution >= 0.6 is 31.9 Å². The Kier molecular flexibility index (Phi) is 6.81. The molecule has 0 unspecified atom stereocenters. The fourth-order valence-electron chi connectivity index (χ4n) is 1.26. The van der Waals surface area contributed by atoms with E-state index in [2.05, 4.69) is 47.5 Å². The standard InChI is InChI=1S/C12H17Br2N3O/c1-8(2)12(18)16-4-3-15-7-11-10(14)5-9(13)6-17-11/h5-6,8,15H,3-4,7H2,1-2H3,(H,16,18). The average molecular weight is 379 g/mol. The van der Waals surface area contributed by atoms with Crippen LogP contribution in [0.3, 0.4) is 0 Å². The molecule has 1 rings (SSSR count). The first-order chi connectivity index (χ1) is 8.50. The second kappa shape index (κ2) is 7.86. The van der Waals surface area contributed by atoms with Gasteiger partial charge in [-0.1, -0.05) is 13.8 Å². The Morgan fingerprint density at radius 3 is 2.72 bits per heavy atom. The van der Waals surface area contributed by atoms with E-state index in [1.54, 1.807) is 6.20 Å². The second-order valence-corrected chi connectivity index (χ2v) is 5.97. The molecule has 18 heavy (non-hydrogen) atoms. The molecule has 0 aliphatic carbocycles. The summed E-state index contributed by atoms with van der Waals surface area (Å²) >= 11 is 6.81. The molecule has 0 bridgehead atoms. The number of carbonyl (C=O) groups is 1. The lowest BCUT2D eigenvalue weighted by Crippen LogP contribution is -2.34. The molecule has 0 atom stereocenters. The van der Waals surface area contributed by atoms with Gasteiger partial charge in [0.1, 0.15) is 0 Å². The fraction of sp³-hybridized carbons (Fsp3) is 0.500. The number of nitrogens with zero attached hydrogens (tertiary/aromatic N) is 1. The molecule has 0 aliphatic heterocycles. The van der Waals surface area contributed by atoms with Gasteiger partial charge in [-0.3, -0.25) is 9.78 Å². The van der Waals surface area contributed by atoms with Gasteiger partial charge in [-0.15, -0.1) is 0 Å². The molecule has 1 aromatic rings. The van der Waals surface area contributed by atoms with Gasteiger partial charge < -0.3 is 10.6 Å². The minimum atomic E-state index is 0.0345. The first kappa shape index (κ1) is 15.6. The van der Waals surface area contributed by atoms with Crippen molar-refractivity contribution in [3.05, 3.63) is 26.9 Å². The monoisotopic (exact) mass is 377 g/mol. The van der Waals surface area contributed by atoms with E-state index >= 15 is 0 Å². The number of hydrogen-bond acceptors (Lipinski definition) is 3. The predicted octanol–water partition coefficient (Wildman–Crippen LogP) is 2.47. The third-order valence-electron chi connectivity index (χ3n) is 2.30. The molecule has 0 radical (unpaired) electrons. The number of rotatable bonds is 6. The van der Waals surface area contributed by atoms with E-state index in [-0.39, 0.29) is 11.8 Å². The molecule has 6 heteroatoms. The molecule has 0 aromatic carbocycles. The smallest absolute Gasteiger partial charge is 0.222 e. The Hall–Kier alpha value is -0.460. The number of halogens is 2. The molecular formula is C12H17Br2N3O. The van der Waals surface area contributed by atoms with Gasteiger partial charge in [-0.05, 0) is 37.9 Å². The molecular weight excluding hydrogens is 362 g/mol. The molecule has 100 valence electrons. The highest BCUT2D eigenvalue weighted by Gasteiger charge is 2.05. The van der Waals surface area contributed by atoms with Crippen LogP contribution in [0.4, 0.5) is 0 Å². The maximum Gasteiger partial charge on any atom is 0.222 e. The SMILES string of the molecule is CC(C)C(=O)NCCNCc1ncc(Br)cc1Br. The minimum Gasteiger partial charge on any atom is -0.355 e. The third kappa shape index (κ3) is 5.46. The van der Waals surface area contributed by atoms with Crippen molar-refractivity contribution >= 4 is 37.8 Å². The molecule has 4 nitrogen and oxygen atoms in total. The fourth-order valence-corrected chi connectivity index (χ4v) is 2.39. The lowest BCUT2D eigenvalue weighted by molar-refractivity contribution is -0.123. The normalized spacial score (nSPS) is 10.7. The Morgan fingerprint density at radius 1 is 1.39 bits per heavy atom. The number of pyridine rings is 1. The molecule has 0 aliphatic rings.